The molecule has 1 unspecified atom stereocenters. The van der Waals surface area contributed by atoms with Gasteiger partial charge in [0.2, 0.25) is 0 Å². The number of ether oxygens (including phenoxy) is 2. The van der Waals surface area contributed by atoms with Crippen LogP contribution in [-0.2, 0) is 6.42 Å². The van der Waals surface area contributed by atoms with Gasteiger partial charge in [-0.2, -0.15) is 5.10 Å². The van der Waals surface area contributed by atoms with Gasteiger partial charge in [0.15, 0.2) is 0 Å². The smallest absolute Gasteiger partial charge is 0.497 e. The summed E-state index contributed by atoms with van der Waals surface area (Å²) >= 11 is 0. The number of anilines is 1. The molecule has 0 aromatic heterocycles. The van der Waals surface area contributed by atoms with E-state index >= 15 is 0 Å². The second-order valence-electron chi connectivity index (χ2n) is 7.75. The van der Waals surface area contributed by atoms with Gasteiger partial charge in [0.05, 0.1) is 18.9 Å². The van der Waals surface area contributed by atoms with E-state index in [2.05, 4.69) is 25.9 Å². The summed E-state index contributed by atoms with van der Waals surface area (Å²) in [6.07, 6.45) is -4.32. The molecule has 3 amide bonds. The van der Waals surface area contributed by atoms with Gasteiger partial charge in [-0.25, -0.2) is 10.2 Å². The van der Waals surface area contributed by atoms with Crippen molar-refractivity contribution in [3.8, 4) is 11.5 Å². The van der Waals surface area contributed by atoms with Gasteiger partial charge in [0, 0.05) is 16.8 Å². The SMILES string of the molecule is COc1ccc(C(=O)NC2Cc3ccccc3/C2=N\NC(=O)Nc2ccc(OC(F)(F)F)cc2)cc1. The Balaban J connectivity index is 1.44. The van der Waals surface area contributed by atoms with E-state index in [1.54, 1.807) is 24.3 Å². The number of hydrogen-bond donors (Lipinski definition) is 3. The quantitative estimate of drug-likeness (QED) is 0.437. The number of halogens is 3. The standard InChI is InChI=1S/C25H21F3N4O4/c1-35-18-10-6-15(7-11-18)23(33)30-21-14-16-4-2-3-5-20(16)22(21)31-32-24(34)29-17-8-12-19(13-9-17)36-25(26,27)28/h2-13,21H,14H2,1H3,(H,30,33)(H2,29,32,34)/b31-22+. The van der Waals surface area contributed by atoms with Crippen LogP contribution in [0.5, 0.6) is 11.5 Å². The molecule has 1 aliphatic carbocycles. The zero-order valence-corrected chi connectivity index (χ0v) is 18.9. The molecule has 0 radical (unpaired) electrons. The van der Waals surface area contributed by atoms with Crippen LogP contribution in [0.3, 0.4) is 0 Å². The Hall–Kier alpha value is -4.54. The van der Waals surface area contributed by atoms with E-state index in [1.165, 1.54) is 19.2 Å². The number of nitrogens with one attached hydrogen (secondary N) is 3. The largest absolute Gasteiger partial charge is 0.573 e. The average molecular weight is 498 g/mol. The van der Waals surface area contributed by atoms with Crippen LogP contribution in [0.4, 0.5) is 23.7 Å². The maximum Gasteiger partial charge on any atom is 0.573 e. The molecule has 11 heteroatoms. The summed E-state index contributed by atoms with van der Waals surface area (Å²) in [5.41, 5.74) is 5.27. The number of fused-ring (bicyclic) bond motifs is 1. The molecule has 0 fully saturated rings. The molecule has 0 bridgehead atoms. The lowest BCUT2D eigenvalue weighted by Gasteiger charge is -2.15. The molecule has 36 heavy (non-hydrogen) atoms. The molecule has 3 aromatic rings. The number of benzene rings is 3. The molecule has 3 N–H and O–H groups in total. The zero-order valence-electron chi connectivity index (χ0n) is 18.9. The van der Waals surface area contributed by atoms with Crippen LogP contribution in [0.2, 0.25) is 0 Å². The van der Waals surface area contributed by atoms with Crippen LogP contribution in [0.15, 0.2) is 77.9 Å². The number of rotatable bonds is 6. The van der Waals surface area contributed by atoms with Crippen molar-refractivity contribution < 1.29 is 32.2 Å². The van der Waals surface area contributed by atoms with Crippen LogP contribution >= 0.6 is 0 Å². The maximum atomic E-state index is 12.8. The highest BCUT2D eigenvalue weighted by molar-refractivity contribution is 6.11. The predicted octanol–water partition coefficient (Wildman–Crippen LogP) is 4.47. The number of amides is 3. The van der Waals surface area contributed by atoms with Gasteiger partial charge in [-0.1, -0.05) is 24.3 Å². The third-order valence-corrected chi connectivity index (χ3v) is 5.33. The zero-order chi connectivity index (χ0) is 25.7. The molecule has 186 valence electrons. The fourth-order valence-corrected chi connectivity index (χ4v) is 3.70. The van der Waals surface area contributed by atoms with Crippen molar-refractivity contribution in [2.45, 2.75) is 18.8 Å². The van der Waals surface area contributed by atoms with Gasteiger partial charge in [0.1, 0.15) is 11.5 Å². The first kappa shape index (κ1) is 24.6. The minimum atomic E-state index is -4.81. The van der Waals surface area contributed by atoms with Crippen LogP contribution in [0, 0.1) is 0 Å². The van der Waals surface area contributed by atoms with Gasteiger partial charge in [0.25, 0.3) is 5.91 Å². The summed E-state index contributed by atoms with van der Waals surface area (Å²) in [7, 11) is 1.54. The average Bonchev–Trinajstić information content (AvgIpc) is 3.20. The minimum Gasteiger partial charge on any atom is -0.497 e. The lowest BCUT2D eigenvalue weighted by Crippen LogP contribution is -2.40. The monoisotopic (exact) mass is 498 g/mol. The molecule has 0 saturated carbocycles. The number of methoxy groups -OCH3 is 1. The highest BCUT2D eigenvalue weighted by Gasteiger charge is 2.31. The molecular formula is C25H21F3N4O4. The summed E-state index contributed by atoms with van der Waals surface area (Å²) < 4.78 is 45.8. The molecule has 8 nitrogen and oxygen atoms in total. The summed E-state index contributed by atoms with van der Waals surface area (Å²) in [5.74, 6) is -0.0970. The predicted molar refractivity (Wildman–Crippen MR) is 126 cm³/mol. The Labute approximate surface area is 204 Å². The van der Waals surface area contributed by atoms with Crippen molar-refractivity contribution in [3.63, 3.8) is 0 Å². The van der Waals surface area contributed by atoms with Crippen LogP contribution < -0.4 is 25.5 Å². The van der Waals surface area contributed by atoms with E-state index in [0.717, 1.165) is 23.3 Å². The summed E-state index contributed by atoms with van der Waals surface area (Å²) in [4.78, 5) is 25.2. The van der Waals surface area contributed by atoms with Gasteiger partial charge < -0.3 is 20.1 Å². The van der Waals surface area contributed by atoms with Crippen LogP contribution in [0.25, 0.3) is 0 Å². The first-order valence-corrected chi connectivity index (χ1v) is 10.8. The number of carbonyl (C=O) groups excluding carboxylic acids is 2. The summed E-state index contributed by atoms with van der Waals surface area (Å²) in [6.45, 7) is 0. The highest BCUT2D eigenvalue weighted by atomic mass is 19.4. The second kappa shape index (κ2) is 10.4. The Bertz CT molecular complexity index is 1280. The van der Waals surface area contributed by atoms with Crippen LogP contribution in [0.1, 0.15) is 21.5 Å². The van der Waals surface area contributed by atoms with Gasteiger partial charge >= 0.3 is 12.4 Å². The molecule has 1 aliphatic rings. The maximum absolute atomic E-state index is 12.8. The van der Waals surface area contributed by atoms with Crippen molar-refractivity contribution in [1.82, 2.24) is 10.7 Å². The van der Waals surface area contributed by atoms with Gasteiger partial charge in [-0.3, -0.25) is 4.79 Å². The molecule has 0 spiro atoms. The number of nitrogens with zero attached hydrogens (tertiary/aromatic N) is 1. The van der Waals surface area contributed by atoms with E-state index < -0.39 is 24.2 Å². The first-order chi connectivity index (χ1) is 17.2. The number of carbonyl (C=O) groups is 2. The molecule has 0 saturated heterocycles. The second-order valence-corrected chi connectivity index (χ2v) is 7.75. The topological polar surface area (TPSA) is 101 Å². The third-order valence-electron chi connectivity index (χ3n) is 5.33. The van der Waals surface area contributed by atoms with Gasteiger partial charge in [-0.15, -0.1) is 13.2 Å². The van der Waals surface area contributed by atoms with E-state index in [9.17, 15) is 22.8 Å². The molecule has 0 heterocycles. The van der Waals surface area contributed by atoms with Gasteiger partial charge in [-0.05, 0) is 60.5 Å². The van der Waals surface area contributed by atoms with E-state index in [4.69, 9.17) is 4.74 Å². The lowest BCUT2D eigenvalue weighted by molar-refractivity contribution is -0.274. The van der Waals surface area contributed by atoms with Crippen molar-refractivity contribution in [1.29, 1.82) is 0 Å². The molecular weight excluding hydrogens is 477 g/mol. The van der Waals surface area contributed by atoms with Crippen molar-refractivity contribution >= 4 is 23.3 Å². The fraction of sp³-hybridized carbons (Fsp3) is 0.160. The fourth-order valence-electron chi connectivity index (χ4n) is 3.70. The number of urea groups is 1. The Morgan fingerprint density at radius 2 is 1.61 bits per heavy atom. The van der Waals surface area contributed by atoms with E-state index in [-0.39, 0.29) is 11.6 Å². The summed E-state index contributed by atoms with van der Waals surface area (Å²) in [5, 5.41) is 9.65. The number of hydrazone groups is 1. The molecule has 0 aliphatic heterocycles. The first-order valence-electron chi connectivity index (χ1n) is 10.8. The van der Waals surface area contributed by atoms with E-state index in [0.29, 0.717) is 23.4 Å². The highest BCUT2D eigenvalue weighted by Crippen LogP contribution is 2.25. The van der Waals surface area contributed by atoms with Crippen molar-refractivity contribution in [2.24, 2.45) is 5.10 Å². The minimum absolute atomic E-state index is 0.235. The lowest BCUT2D eigenvalue weighted by atomic mass is 10.1. The third kappa shape index (κ3) is 6.12. The van der Waals surface area contributed by atoms with Crippen LogP contribution in [-0.4, -0.2) is 37.2 Å². The number of alkyl halides is 3. The van der Waals surface area contributed by atoms with Crippen molar-refractivity contribution in [3.05, 3.63) is 89.5 Å². The molecule has 1 atom stereocenters. The molecule has 3 aromatic carbocycles. The Morgan fingerprint density at radius 3 is 2.28 bits per heavy atom. The van der Waals surface area contributed by atoms with E-state index in [1.807, 2.05) is 24.3 Å². The Kier molecular flexibility index (Phi) is 7.09. The van der Waals surface area contributed by atoms with Crippen molar-refractivity contribution in [2.75, 3.05) is 12.4 Å². The Morgan fingerprint density at radius 1 is 0.944 bits per heavy atom. The number of hydrogen-bond acceptors (Lipinski definition) is 5. The molecule has 4 rings (SSSR count). The summed E-state index contributed by atoms with van der Waals surface area (Å²) in [6, 6.07) is 17.6. The normalized spacial score (nSPS) is 15.7.